The third kappa shape index (κ3) is 7.56. The van der Waals surface area contributed by atoms with E-state index >= 15 is 0 Å². The Balaban J connectivity index is 1.87. The first-order valence-electron chi connectivity index (χ1n) is 11.5. The maximum Gasteiger partial charge on any atom is 0.247 e. The second-order valence-electron chi connectivity index (χ2n) is 7.81. The lowest BCUT2D eigenvalue weighted by atomic mass is 10.0. The second kappa shape index (κ2) is 13.5. The van der Waals surface area contributed by atoms with Gasteiger partial charge in [-0.25, -0.2) is 0 Å². The Labute approximate surface area is 210 Å². The summed E-state index contributed by atoms with van der Waals surface area (Å²) >= 11 is 1.52. The Kier molecular flexibility index (Phi) is 10.1. The zero-order valence-electron chi connectivity index (χ0n) is 20.4. The molecular weight excluding hydrogens is 464 g/mol. The van der Waals surface area contributed by atoms with Crippen LogP contribution in [0.15, 0.2) is 66.0 Å². The number of hydrogen-bond acceptors (Lipinski definition) is 6. The van der Waals surface area contributed by atoms with E-state index in [0.717, 1.165) is 16.2 Å². The van der Waals surface area contributed by atoms with E-state index in [0.29, 0.717) is 31.1 Å². The van der Waals surface area contributed by atoms with Gasteiger partial charge in [0, 0.05) is 25.1 Å². The first kappa shape index (κ1) is 26.2. The molecule has 1 atom stereocenters. The standard InChI is InChI=1S/C27H32N2O5S/c1-4-34-23-13-9-21(10-14-23)26(27(31)28-19-20-7-11-22(33-3)12-8-20)29(15-16-32-2)25(30)18-24-6-5-17-35-24/h5-14,17,26H,4,15-16,18-19H2,1-3H3,(H,28,31)/t26-/m1/s1. The molecule has 2 aromatic carbocycles. The Morgan fingerprint density at radius 1 is 1.00 bits per heavy atom. The highest BCUT2D eigenvalue weighted by molar-refractivity contribution is 7.10. The highest BCUT2D eigenvalue weighted by atomic mass is 32.1. The summed E-state index contributed by atoms with van der Waals surface area (Å²) < 4.78 is 16.0. The first-order chi connectivity index (χ1) is 17.0. The molecule has 0 aliphatic rings. The molecule has 7 nitrogen and oxygen atoms in total. The number of thiophene rings is 1. The van der Waals surface area contributed by atoms with Crippen LogP contribution in [-0.4, -0.2) is 50.7 Å². The quantitative estimate of drug-likeness (QED) is 0.383. The van der Waals surface area contributed by atoms with E-state index in [1.165, 1.54) is 11.3 Å². The highest BCUT2D eigenvalue weighted by Gasteiger charge is 2.31. The van der Waals surface area contributed by atoms with Crippen LogP contribution >= 0.6 is 11.3 Å². The SMILES string of the molecule is CCOc1ccc([C@H](C(=O)NCc2ccc(OC)cc2)N(CCOC)C(=O)Cc2cccs2)cc1. The van der Waals surface area contributed by atoms with Crippen molar-refractivity contribution in [2.45, 2.75) is 25.9 Å². The lowest BCUT2D eigenvalue weighted by molar-refractivity contribution is -0.141. The number of benzene rings is 2. The zero-order chi connectivity index (χ0) is 25.0. The summed E-state index contributed by atoms with van der Waals surface area (Å²) in [5, 5.41) is 4.94. The lowest BCUT2D eigenvalue weighted by Crippen LogP contribution is -2.45. The Bertz CT molecular complexity index is 1050. The van der Waals surface area contributed by atoms with Crippen LogP contribution in [0.4, 0.5) is 0 Å². The van der Waals surface area contributed by atoms with E-state index in [1.807, 2.05) is 73.0 Å². The molecule has 1 heterocycles. The summed E-state index contributed by atoms with van der Waals surface area (Å²) in [7, 11) is 3.19. The molecule has 2 amide bonds. The lowest BCUT2D eigenvalue weighted by Gasteiger charge is -2.31. The minimum atomic E-state index is -0.813. The smallest absolute Gasteiger partial charge is 0.247 e. The molecule has 0 fully saturated rings. The fourth-order valence-electron chi connectivity index (χ4n) is 3.67. The van der Waals surface area contributed by atoms with Gasteiger partial charge in [0.05, 0.1) is 26.7 Å². The van der Waals surface area contributed by atoms with Gasteiger partial charge in [-0.15, -0.1) is 11.3 Å². The number of rotatable bonds is 13. The summed E-state index contributed by atoms with van der Waals surface area (Å²) in [6.45, 7) is 3.39. The first-order valence-corrected chi connectivity index (χ1v) is 12.4. The molecule has 1 aromatic heterocycles. The van der Waals surface area contributed by atoms with Crippen LogP contribution in [0, 0.1) is 0 Å². The van der Waals surface area contributed by atoms with Gasteiger partial charge in [0.2, 0.25) is 11.8 Å². The molecular formula is C27H32N2O5S. The van der Waals surface area contributed by atoms with Crippen molar-refractivity contribution in [2.24, 2.45) is 0 Å². The van der Waals surface area contributed by atoms with Crippen molar-refractivity contribution < 1.29 is 23.8 Å². The molecule has 0 aliphatic heterocycles. The van der Waals surface area contributed by atoms with Gasteiger partial charge in [0.15, 0.2) is 0 Å². The van der Waals surface area contributed by atoms with Gasteiger partial charge in [-0.2, -0.15) is 0 Å². The summed E-state index contributed by atoms with van der Waals surface area (Å²) in [6.07, 6.45) is 0.223. The molecule has 186 valence electrons. The third-order valence-corrected chi connectivity index (χ3v) is 6.33. The van der Waals surface area contributed by atoms with Gasteiger partial charge in [-0.05, 0) is 53.8 Å². The van der Waals surface area contributed by atoms with E-state index in [9.17, 15) is 9.59 Å². The molecule has 0 bridgehead atoms. The van der Waals surface area contributed by atoms with E-state index in [1.54, 1.807) is 19.1 Å². The summed E-state index contributed by atoms with van der Waals surface area (Å²) in [4.78, 5) is 29.5. The number of carbonyl (C=O) groups excluding carboxylic acids is 2. The molecule has 0 aliphatic carbocycles. The minimum Gasteiger partial charge on any atom is -0.497 e. The second-order valence-corrected chi connectivity index (χ2v) is 8.84. The van der Waals surface area contributed by atoms with Crippen LogP contribution in [0.25, 0.3) is 0 Å². The molecule has 3 aromatic rings. The maximum atomic E-state index is 13.6. The molecule has 35 heavy (non-hydrogen) atoms. The van der Waals surface area contributed by atoms with Crippen molar-refractivity contribution >= 4 is 23.2 Å². The fourth-order valence-corrected chi connectivity index (χ4v) is 4.36. The monoisotopic (exact) mass is 496 g/mol. The largest absolute Gasteiger partial charge is 0.497 e. The molecule has 0 saturated carbocycles. The normalized spacial score (nSPS) is 11.5. The number of nitrogens with one attached hydrogen (secondary N) is 1. The van der Waals surface area contributed by atoms with E-state index in [2.05, 4.69) is 5.32 Å². The Morgan fingerprint density at radius 3 is 2.31 bits per heavy atom. The predicted molar refractivity (Wildman–Crippen MR) is 137 cm³/mol. The van der Waals surface area contributed by atoms with Crippen LogP contribution in [0.1, 0.15) is 29.0 Å². The zero-order valence-corrected chi connectivity index (χ0v) is 21.2. The van der Waals surface area contributed by atoms with Gasteiger partial charge >= 0.3 is 0 Å². The van der Waals surface area contributed by atoms with Crippen molar-refractivity contribution in [1.29, 1.82) is 0 Å². The van der Waals surface area contributed by atoms with Gasteiger partial charge in [-0.1, -0.05) is 30.3 Å². The summed E-state index contributed by atoms with van der Waals surface area (Å²) in [5.41, 5.74) is 1.63. The topological polar surface area (TPSA) is 77.1 Å². The van der Waals surface area contributed by atoms with E-state index < -0.39 is 6.04 Å². The average Bonchev–Trinajstić information content (AvgIpc) is 3.39. The van der Waals surface area contributed by atoms with Crippen LogP contribution in [0.2, 0.25) is 0 Å². The van der Waals surface area contributed by atoms with Crippen molar-refractivity contribution in [1.82, 2.24) is 10.2 Å². The average molecular weight is 497 g/mol. The van der Waals surface area contributed by atoms with Crippen LogP contribution in [0.5, 0.6) is 11.5 Å². The Hall–Kier alpha value is -3.36. The molecule has 0 radical (unpaired) electrons. The fraction of sp³-hybridized carbons (Fsp3) is 0.333. The minimum absolute atomic E-state index is 0.136. The van der Waals surface area contributed by atoms with Crippen molar-refractivity contribution in [3.63, 3.8) is 0 Å². The van der Waals surface area contributed by atoms with Gasteiger partial charge in [0.1, 0.15) is 17.5 Å². The molecule has 1 N–H and O–H groups in total. The number of ether oxygens (including phenoxy) is 3. The Morgan fingerprint density at radius 2 is 1.71 bits per heavy atom. The summed E-state index contributed by atoms with van der Waals surface area (Å²) in [5.74, 6) is 1.06. The van der Waals surface area contributed by atoms with Gasteiger partial charge in [-0.3, -0.25) is 9.59 Å². The van der Waals surface area contributed by atoms with Crippen molar-refractivity contribution in [3.05, 3.63) is 82.0 Å². The molecule has 0 spiro atoms. The molecule has 0 unspecified atom stereocenters. The number of carbonyl (C=O) groups is 2. The number of hydrogen-bond donors (Lipinski definition) is 1. The number of methoxy groups -OCH3 is 2. The molecule has 0 saturated heterocycles. The maximum absolute atomic E-state index is 13.6. The summed E-state index contributed by atoms with van der Waals surface area (Å²) in [6, 6.07) is 17.8. The van der Waals surface area contributed by atoms with Crippen molar-refractivity contribution in [3.8, 4) is 11.5 Å². The van der Waals surface area contributed by atoms with Crippen LogP contribution < -0.4 is 14.8 Å². The predicted octanol–water partition coefficient (Wildman–Crippen LogP) is 4.23. The number of amides is 2. The van der Waals surface area contributed by atoms with E-state index in [4.69, 9.17) is 14.2 Å². The van der Waals surface area contributed by atoms with Gasteiger partial charge < -0.3 is 24.4 Å². The number of nitrogens with zero attached hydrogens (tertiary/aromatic N) is 1. The van der Waals surface area contributed by atoms with Crippen molar-refractivity contribution in [2.75, 3.05) is 34.0 Å². The third-order valence-electron chi connectivity index (χ3n) is 5.45. The molecule has 3 rings (SSSR count). The van der Waals surface area contributed by atoms with E-state index in [-0.39, 0.29) is 24.8 Å². The van der Waals surface area contributed by atoms with Crippen LogP contribution in [0.3, 0.4) is 0 Å². The highest BCUT2D eigenvalue weighted by Crippen LogP contribution is 2.26. The van der Waals surface area contributed by atoms with Crippen LogP contribution in [-0.2, 0) is 27.3 Å². The van der Waals surface area contributed by atoms with Gasteiger partial charge in [0.25, 0.3) is 0 Å². The molecule has 8 heteroatoms.